The molecule has 1 aliphatic heterocycles. The van der Waals surface area contributed by atoms with Gasteiger partial charge in [0.15, 0.2) is 0 Å². The Balaban J connectivity index is 2.25. The number of nitrogens with one attached hydrogen (secondary N) is 1. The van der Waals surface area contributed by atoms with Crippen molar-refractivity contribution in [2.24, 2.45) is 0 Å². The van der Waals surface area contributed by atoms with Gasteiger partial charge in [0.25, 0.3) is 0 Å². The van der Waals surface area contributed by atoms with Gasteiger partial charge in [-0.15, -0.1) is 0 Å². The Hall–Kier alpha value is -1.36. The van der Waals surface area contributed by atoms with Gasteiger partial charge in [0.1, 0.15) is 18.0 Å². The number of likely N-dealkylation sites (N-methyl/N-ethyl adjacent to an activating group) is 1. The molecule has 1 aromatic rings. The highest BCUT2D eigenvalue weighted by molar-refractivity contribution is 5.59. The highest BCUT2D eigenvalue weighted by atomic mass is 15.3. The second-order valence-electron chi connectivity index (χ2n) is 5.40. The zero-order valence-electron chi connectivity index (χ0n) is 13.2. The van der Waals surface area contributed by atoms with Crippen LogP contribution in [-0.4, -0.2) is 54.1 Å². The Morgan fingerprint density at radius 1 is 1.25 bits per heavy atom. The summed E-state index contributed by atoms with van der Waals surface area (Å²) in [6.07, 6.45) is 3.83. The SMILES string of the molecule is CCNc1ncnc(N2CCN(C)C(CC)C2)c1CC. The van der Waals surface area contributed by atoms with Gasteiger partial charge in [0.05, 0.1) is 0 Å². The van der Waals surface area contributed by atoms with Crippen molar-refractivity contribution in [1.82, 2.24) is 14.9 Å². The Morgan fingerprint density at radius 2 is 2.05 bits per heavy atom. The molecule has 20 heavy (non-hydrogen) atoms. The van der Waals surface area contributed by atoms with E-state index in [4.69, 9.17) is 0 Å². The molecule has 0 bridgehead atoms. The molecule has 5 nitrogen and oxygen atoms in total. The predicted molar refractivity (Wildman–Crippen MR) is 84.5 cm³/mol. The summed E-state index contributed by atoms with van der Waals surface area (Å²) in [5.41, 5.74) is 1.24. The summed E-state index contributed by atoms with van der Waals surface area (Å²) in [4.78, 5) is 13.8. The maximum absolute atomic E-state index is 4.57. The topological polar surface area (TPSA) is 44.3 Å². The minimum absolute atomic E-state index is 0.617. The lowest BCUT2D eigenvalue weighted by molar-refractivity contribution is 0.212. The average molecular weight is 277 g/mol. The molecule has 1 unspecified atom stereocenters. The fraction of sp³-hybridized carbons (Fsp3) is 0.733. The molecule has 2 rings (SSSR count). The zero-order valence-corrected chi connectivity index (χ0v) is 13.2. The molecule has 0 spiro atoms. The molecule has 1 fully saturated rings. The van der Waals surface area contributed by atoms with E-state index in [9.17, 15) is 0 Å². The first-order valence-corrected chi connectivity index (χ1v) is 7.74. The van der Waals surface area contributed by atoms with Gasteiger partial charge in [-0.1, -0.05) is 13.8 Å². The van der Waals surface area contributed by atoms with Crippen molar-refractivity contribution >= 4 is 11.6 Å². The Kier molecular flexibility index (Phi) is 5.17. The maximum atomic E-state index is 4.57. The first-order valence-electron chi connectivity index (χ1n) is 7.74. The number of hydrogen-bond acceptors (Lipinski definition) is 5. The van der Waals surface area contributed by atoms with Crippen LogP contribution in [0.1, 0.15) is 32.8 Å². The molecular formula is C15H27N5. The van der Waals surface area contributed by atoms with E-state index in [1.807, 2.05) is 0 Å². The fourth-order valence-corrected chi connectivity index (χ4v) is 2.90. The molecule has 0 amide bonds. The predicted octanol–water partition coefficient (Wildman–Crippen LogP) is 2.00. The van der Waals surface area contributed by atoms with Crippen molar-refractivity contribution in [3.63, 3.8) is 0 Å². The molecule has 0 aromatic carbocycles. The number of piperazine rings is 1. The Morgan fingerprint density at radius 3 is 2.70 bits per heavy atom. The molecule has 1 N–H and O–H groups in total. The van der Waals surface area contributed by atoms with E-state index in [2.05, 4.69) is 52.9 Å². The third kappa shape index (κ3) is 3.03. The van der Waals surface area contributed by atoms with E-state index in [0.29, 0.717) is 6.04 Å². The molecule has 1 saturated heterocycles. The van der Waals surface area contributed by atoms with Gasteiger partial charge in [-0.05, 0) is 26.8 Å². The van der Waals surface area contributed by atoms with E-state index in [-0.39, 0.29) is 0 Å². The molecule has 5 heteroatoms. The van der Waals surface area contributed by atoms with Crippen LogP contribution in [-0.2, 0) is 6.42 Å². The molecule has 0 saturated carbocycles. The summed E-state index contributed by atoms with van der Waals surface area (Å²) in [6, 6.07) is 0.617. The minimum atomic E-state index is 0.617. The summed E-state index contributed by atoms with van der Waals surface area (Å²) in [5.74, 6) is 2.11. The second-order valence-corrected chi connectivity index (χ2v) is 5.40. The minimum Gasteiger partial charge on any atom is -0.370 e. The van der Waals surface area contributed by atoms with Crippen molar-refractivity contribution in [3.8, 4) is 0 Å². The third-order valence-electron chi connectivity index (χ3n) is 4.17. The fourth-order valence-electron chi connectivity index (χ4n) is 2.90. The van der Waals surface area contributed by atoms with Crippen molar-refractivity contribution in [1.29, 1.82) is 0 Å². The maximum Gasteiger partial charge on any atom is 0.137 e. The standard InChI is InChI=1S/C15H27N5/c1-5-12-10-20(9-8-19(12)4)15-13(6-2)14(16-7-3)17-11-18-15/h11-12H,5-10H2,1-4H3,(H,16,17,18). The van der Waals surface area contributed by atoms with Gasteiger partial charge in [0, 0.05) is 37.8 Å². The van der Waals surface area contributed by atoms with Crippen LogP contribution in [0.2, 0.25) is 0 Å². The normalized spacial score (nSPS) is 20.2. The first-order chi connectivity index (χ1) is 9.71. The zero-order chi connectivity index (χ0) is 14.5. The van der Waals surface area contributed by atoms with Gasteiger partial charge in [0.2, 0.25) is 0 Å². The van der Waals surface area contributed by atoms with Crippen LogP contribution in [0.3, 0.4) is 0 Å². The van der Waals surface area contributed by atoms with Crippen LogP contribution in [0, 0.1) is 0 Å². The Bertz CT molecular complexity index is 434. The largest absolute Gasteiger partial charge is 0.370 e. The monoisotopic (exact) mass is 277 g/mol. The van der Waals surface area contributed by atoms with Crippen molar-refractivity contribution < 1.29 is 0 Å². The molecular weight excluding hydrogens is 250 g/mol. The summed E-state index contributed by atoms with van der Waals surface area (Å²) < 4.78 is 0. The summed E-state index contributed by atoms with van der Waals surface area (Å²) in [5, 5.41) is 3.35. The van der Waals surface area contributed by atoms with Crippen molar-refractivity contribution in [2.45, 2.75) is 39.7 Å². The summed E-state index contributed by atoms with van der Waals surface area (Å²) in [7, 11) is 2.22. The van der Waals surface area contributed by atoms with Crippen LogP contribution in [0.5, 0.6) is 0 Å². The first kappa shape index (κ1) is 15.0. The second kappa shape index (κ2) is 6.88. The van der Waals surface area contributed by atoms with Gasteiger partial charge in [-0.25, -0.2) is 9.97 Å². The lowest BCUT2D eigenvalue weighted by Gasteiger charge is -2.40. The number of nitrogens with zero attached hydrogens (tertiary/aromatic N) is 4. The van der Waals surface area contributed by atoms with Gasteiger partial charge in [-0.2, -0.15) is 0 Å². The highest BCUT2D eigenvalue weighted by Crippen LogP contribution is 2.26. The number of anilines is 2. The number of aromatic nitrogens is 2. The summed E-state index contributed by atoms with van der Waals surface area (Å²) in [6.45, 7) is 10.6. The molecule has 1 aliphatic rings. The van der Waals surface area contributed by atoms with E-state index in [1.54, 1.807) is 6.33 Å². The Labute approximate surface area is 122 Å². The van der Waals surface area contributed by atoms with E-state index >= 15 is 0 Å². The smallest absolute Gasteiger partial charge is 0.137 e. The molecule has 1 atom stereocenters. The van der Waals surface area contributed by atoms with E-state index in [0.717, 1.165) is 44.2 Å². The van der Waals surface area contributed by atoms with Gasteiger partial charge in [-0.3, -0.25) is 4.90 Å². The lowest BCUT2D eigenvalue weighted by Crippen LogP contribution is -2.51. The van der Waals surface area contributed by atoms with Crippen LogP contribution in [0.25, 0.3) is 0 Å². The van der Waals surface area contributed by atoms with Crippen LogP contribution < -0.4 is 10.2 Å². The van der Waals surface area contributed by atoms with Crippen LogP contribution >= 0.6 is 0 Å². The molecule has 1 aromatic heterocycles. The van der Waals surface area contributed by atoms with Gasteiger partial charge >= 0.3 is 0 Å². The third-order valence-corrected chi connectivity index (χ3v) is 4.17. The number of rotatable bonds is 5. The quantitative estimate of drug-likeness (QED) is 0.892. The van der Waals surface area contributed by atoms with E-state index < -0.39 is 0 Å². The highest BCUT2D eigenvalue weighted by Gasteiger charge is 2.25. The molecule has 2 heterocycles. The van der Waals surface area contributed by atoms with Crippen LogP contribution in [0.4, 0.5) is 11.6 Å². The van der Waals surface area contributed by atoms with Crippen molar-refractivity contribution in [2.75, 3.05) is 43.4 Å². The number of hydrogen-bond donors (Lipinski definition) is 1. The molecule has 0 aliphatic carbocycles. The molecule has 112 valence electrons. The van der Waals surface area contributed by atoms with Crippen molar-refractivity contribution in [3.05, 3.63) is 11.9 Å². The average Bonchev–Trinajstić information content (AvgIpc) is 2.48. The lowest BCUT2D eigenvalue weighted by atomic mass is 10.1. The van der Waals surface area contributed by atoms with Gasteiger partial charge < -0.3 is 10.2 Å². The molecule has 0 radical (unpaired) electrons. The summed E-state index contributed by atoms with van der Waals surface area (Å²) >= 11 is 0. The van der Waals surface area contributed by atoms with Crippen LogP contribution in [0.15, 0.2) is 6.33 Å². The van der Waals surface area contributed by atoms with E-state index in [1.165, 1.54) is 12.0 Å².